The van der Waals surface area contributed by atoms with E-state index < -0.39 is 0 Å². The molecule has 0 amide bonds. The molecule has 0 bridgehead atoms. The molecule has 3 nitrogen and oxygen atoms in total. The molecule has 1 aliphatic rings. The average Bonchev–Trinajstić information content (AvgIpc) is 2.15. The van der Waals surface area contributed by atoms with Crippen molar-refractivity contribution in [2.24, 2.45) is 0 Å². The number of carbonyl (C=O) groups is 1. The van der Waals surface area contributed by atoms with Gasteiger partial charge < -0.3 is 10.1 Å². The second kappa shape index (κ2) is 3.80. The molecule has 0 saturated carbocycles. The Bertz CT molecular complexity index is 328. The maximum atomic E-state index is 11.7. The van der Waals surface area contributed by atoms with Crippen molar-refractivity contribution in [3.8, 4) is 5.75 Å². The molecule has 1 fully saturated rings. The molecular formula is C11H13NO2. The SMILES string of the molecule is COc1ccc(C(=O)C2CCN2)cc1. The fraction of sp³-hybridized carbons (Fsp3) is 0.364. The van der Waals surface area contributed by atoms with Crippen molar-refractivity contribution in [3.63, 3.8) is 0 Å². The van der Waals surface area contributed by atoms with Crippen LogP contribution >= 0.6 is 0 Å². The molecule has 74 valence electrons. The van der Waals surface area contributed by atoms with Crippen molar-refractivity contribution in [1.82, 2.24) is 5.32 Å². The van der Waals surface area contributed by atoms with Crippen LogP contribution in [0.1, 0.15) is 16.8 Å². The highest BCUT2D eigenvalue weighted by molar-refractivity contribution is 6.00. The van der Waals surface area contributed by atoms with Crippen LogP contribution < -0.4 is 10.1 Å². The lowest BCUT2D eigenvalue weighted by Gasteiger charge is -2.26. The van der Waals surface area contributed by atoms with Gasteiger partial charge in [0.25, 0.3) is 0 Å². The Morgan fingerprint density at radius 2 is 2.07 bits per heavy atom. The first-order valence-electron chi connectivity index (χ1n) is 4.73. The van der Waals surface area contributed by atoms with Crippen molar-refractivity contribution in [3.05, 3.63) is 29.8 Å². The molecule has 0 radical (unpaired) electrons. The summed E-state index contributed by atoms with van der Waals surface area (Å²) in [5.74, 6) is 0.960. The third-order valence-corrected chi connectivity index (χ3v) is 2.51. The van der Waals surface area contributed by atoms with Crippen LogP contribution in [0, 0.1) is 0 Å². The number of nitrogens with one attached hydrogen (secondary N) is 1. The fourth-order valence-electron chi connectivity index (χ4n) is 1.47. The molecule has 1 aliphatic heterocycles. The minimum atomic E-state index is 0.0309. The summed E-state index contributed by atoms with van der Waals surface area (Å²) in [5.41, 5.74) is 0.753. The van der Waals surface area contributed by atoms with Crippen LogP contribution in [0.5, 0.6) is 5.75 Å². The monoisotopic (exact) mass is 191 g/mol. The molecule has 0 spiro atoms. The molecule has 1 saturated heterocycles. The fourth-order valence-corrected chi connectivity index (χ4v) is 1.47. The maximum Gasteiger partial charge on any atom is 0.179 e. The Balaban J connectivity index is 2.11. The zero-order valence-electron chi connectivity index (χ0n) is 8.12. The van der Waals surface area contributed by atoms with Crippen LogP contribution in [0.4, 0.5) is 0 Å². The number of hydrogen-bond donors (Lipinski definition) is 1. The van der Waals surface area contributed by atoms with Crippen molar-refractivity contribution in [2.45, 2.75) is 12.5 Å². The van der Waals surface area contributed by atoms with E-state index in [1.54, 1.807) is 19.2 Å². The van der Waals surface area contributed by atoms with Gasteiger partial charge in [-0.3, -0.25) is 4.79 Å². The summed E-state index contributed by atoms with van der Waals surface area (Å²) in [4.78, 5) is 11.7. The van der Waals surface area contributed by atoms with E-state index in [4.69, 9.17) is 4.74 Å². The number of hydrogen-bond acceptors (Lipinski definition) is 3. The van der Waals surface area contributed by atoms with Crippen LogP contribution in [0.3, 0.4) is 0 Å². The molecule has 1 unspecified atom stereocenters. The Kier molecular flexibility index (Phi) is 2.50. The van der Waals surface area contributed by atoms with E-state index >= 15 is 0 Å². The van der Waals surface area contributed by atoms with Gasteiger partial charge in [-0.25, -0.2) is 0 Å². The Morgan fingerprint density at radius 1 is 1.43 bits per heavy atom. The summed E-state index contributed by atoms with van der Waals surface area (Å²) in [6.07, 6.45) is 0.949. The number of carbonyl (C=O) groups excluding carboxylic acids is 1. The molecule has 0 aromatic heterocycles. The van der Waals surface area contributed by atoms with E-state index in [1.807, 2.05) is 12.1 Å². The molecule has 14 heavy (non-hydrogen) atoms. The van der Waals surface area contributed by atoms with E-state index in [2.05, 4.69) is 5.32 Å². The lowest BCUT2D eigenvalue weighted by molar-refractivity contribution is 0.0904. The largest absolute Gasteiger partial charge is 0.497 e. The van der Waals surface area contributed by atoms with Crippen LogP contribution in [0.2, 0.25) is 0 Å². The summed E-state index contributed by atoms with van der Waals surface area (Å²) < 4.78 is 5.02. The van der Waals surface area contributed by atoms with Gasteiger partial charge in [0.1, 0.15) is 5.75 Å². The minimum absolute atomic E-state index is 0.0309. The van der Waals surface area contributed by atoms with Crippen LogP contribution in [-0.2, 0) is 0 Å². The van der Waals surface area contributed by atoms with E-state index in [1.165, 1.54) is 0 Å². The first-order valence-corrected chi connectivity index (χ1v) is 4.73. The van der Waals surface area contributed by atoms with Crippen molar-refractivity contribution in [2.75, 3.05) is 13.7 Å². The second-order valence-electron chi connectivity index (χ2n) is 3.39. The smallest absolute Gasteiger partial charge is 0.179 e. The lowest BCUT2D eigenvalue weighted by Crippen LogP contribution is -2.48. The lowest BCUT2D eigenvalue weighted by atomic mass is 9.97. The molecular weight excluding hydrogens is 178 g/mol. The predicted octanol–water partition coefficient (Wildman–Crippen LogP) is 1.24. The van der Waals surface area contributed by atoms with Crippen LogP contribution in [0.25, 0.3) is 0 Å². The first-order chi connectivity index (χ1) is 6.81. The van der Waals surface area contributed by atoms with Gasteiger partial charge in [-0.2, -0.15) is 0 Å². The zero-order chi connectivity index (χ0) is 9.97. The van der Waals surface area contributed by atoms with Gasteiger partial charge in [0, 0.05) is 5.56 Å². The summed E-state index contributed by atoms with van der Waals surface area (Å²) in [6, 6.07) is 7.27. The standard InChI is InChI=1S/C11H13NO2/c1-14-9-4-2-8(3-5-9)11(13)10-6-7-12-10/h2-5,10,12H,6-7H2,1H3. The van der Waals surface area contributed by atoms with Gasteiger partial charge in [0.05, 0.1) is 13.2 Å². The number of benzene rings is 1. The molecule has 1 aromatic carbocycles. The molecule has 1 aromatic rings. The van der Waals surface area contributed by atoms with Gasteiger partial charge >= 0.3 is 0 Å². The quantitative estimate of drug-likeness (QED) is 0.730. The maximum absolute atomic E-state index is 11.7. The van der Waals surface area contributed by atoms with Gasteiger partial charge in [-0.1, -0.05) is 0 Å². The molecule has 3 heteroatoms. The Labute approximate surface area is 83.1 Å². The molecule has 0 aliphatic carbocycles. The molecule has 1 atom stereocenters. The number of Topliss-reactive ketones (excluding diaryl/α,β-unsaturated/α-hetero) is 1. The summed E-state index contributed by atoms with van der Waals surface area (Å²) in [5, 5.41) is 3.09. The van der Waals surface area contributed by atoms with E-state index in [9.17, 15) is 4.79 Å². The molecule has 1 heterocycles. The van der Waals surface area contributed by atoms with Crippen molar-refractivity contribution < 1.29 is 9.53 Å². The summed E-state index contributed by atoms with van der Waals surface area (Å²) in [6.45, 7) is 0.951. The normalized spacial score (nSPS) is 19.9. The van der Waals surface area contributed by atoms with E-state index in [0.717, 1.165) is 24.3 Å². The van der Waals surface area contributed by atoms with Gasteiger partial charge in [-0.15, -0.1) is 0 Å². The Morgan fingerprint density at radius 3 is 2.50 bits per heavy atom. The highest BCUT2D eigenvalue weighted by atomic mass is 16.5. The minimum Gasteiger partial charge on any atom is -0.497 e. The van der Waals surface area contributed by atoms with Crippen LogP contribution in [-0.4, -0.2) is 25.5 Å². The van der Waals surface area contributed by atoms with Crippen LogP contribution in [0.15, 0.2) is 24.3 Å². The number of rotatable bonds is 3. The number of ketones is 1. The third kappa shape index (κ3) is 1.63. The van der Waals surface area contributed by atoms with Gasteiger partial charge in [0.15, 0.2) is 5.78 Å². The zero-order valence-corrected chi connectivity index (χ0v) is 8.12. The van der Waals surface area contributed by atoms with Gasteiger partial charge in [0.2, 0.25) is 0 Å². The van der Waals surface area contributed by atoms with Crippen molar-refractivity contribution >= 4 is 5.78 Å². The summed E-state index contributed by atoms with van der Waals surface area (Å²) >= 11 is 0. The summed E-state index contributed by atoms with van der Waals surface area (Å²) in [7, 11) is 1.62. The van der Waals surface area contributed by atoms with E-state index in [-0.39, 0.29) is 11.8 Å². The third-order valence-electron chi connectivity index (χ3n) is 2.51. The second-order valence-corrected chi connectivity index (χ2v) is 3.39. The topological polar surface area (TPSA) is 38.3 Å². The highest BCUT2D eigenvalue weighted by Crippen LogP contribution is 2.15. The molecule has 2 rings (SSSR count). The predicted molar refractivity (Wildman–Crippen MR) is 53.7 cm³/mol. The van der Waals surface area contributed by atoms with Crippen molar-refractivity contribution in [1.29, 1.82) is 0 Å². The number of ether oxygens (including phenoxy) is 1. The average molecular weight is 191 g/mol. The Hall–Kier alpha value is -1.35. The highest BCUT2D eigenvalue weighted by Gasteiger charge is 2.25. The van der Waals surface area contributed by atoms with Gasteiger partial charge in [-0.05, 0) is 37.2 Å². The first kappa shape index (κ1) is 9.21. The molecule has 1 N–H and O–H groups in total. The van der Waals surface area contributed by atoms with E-state index in [0.29, 0.717) is 0 Å². The number of methoxy groups -OCH3 is 1.